The molecular formula is C17H16FN5O2. The van der Waals surface area contributed by atoms with E-state index in [0.29, 0.717) is 30.9 Å². The third kappa shape index (κ3) is 2.80. The molecule has 7 nitrogen and oxygen atoms in total. The molecule has 1 aliphatic rings. The highest BCUT2D eigenvalue weighted by atomic mass is 19.1. The molecule has 0 bridgehead atoms. The Kier molecular flexibility index (Phi) is 3.81. The summed E-state index contributed by atoms with van der Waals surface area (Å²) in [6.07, 6.45) is 5.59. The van der Waals surface area contributed by atoms with E-state index in [1.54, 1.807) is 30.6 Å². The van der Waals surface area contributed by atoms with Crippen molar-refractivity contribution in [2.45, 2.75) is 19.0 Å². The lowest BCUT2D eigenvalue weighted by Crippen LogP contribution is -2.39. The maximum atomic E-state index is 13.9. The molecule has 0 saturated carbocycles. The van der Waals surface area contributed by atoms with Crippen LogP contribution >= 0.6 is 0 Å². The van der Waals surface area contributed by atoms with Crippen molar-refractivity contribution >= 4 is 5.97 Å². The molecular weight excluding hydrogens is 325 g/mol. The number of carboxylic acids is 1. The molecule has 3 aromatic rings. The first-order valence-electron chi connectivity index (χ1n) is 7.91. The van der Waals surface area contributed by atoms with Crippen LogP contribution in [0.1, 0.15) is 23.0 Å². The Morgan fingerprint density at radius 1 is 1.40 bits per heavy atom. The highest BCUT2D eigenvalue weighted by Crippen LogP contribution is 2.29. The van der Waals surface area contributed by atoms with Crippen LogP contribution < -0.4 is 0 Å². The van der Waals surface area contributed by atoms with Crippen LogP contribution in [0.25, 0.3) is 5.69 Å². The maximum absolute atomic E-state index is 13.9. The van der Waals surface area contributed by atoms with Gasteiger partial charge in [-0.15, -0.1) is 0 Å². The van der Waals surface area contributed by atoms with Crippen LogP contribution in [-0.2, 0) is 17.8 Å². The van der Waals surface area contributed by atoms with Gasteiger partial charge in [-0.05, 0) is 12.1 Å². The molecule has 0 saturated heterocycles. The lowest BCUT2D eigenvalue weighted by atomic mass is 10.0. The third-order valence-electron chi connectivity index (χ3n) is 4.38. The van der Waals surface area contributed by atoms with E-state index < -0.39 is 12.0 Å². The summed E-state index contributed by atoms with van der Waals surface area (Å²) in [5.74, 6) is -1.30. The number of H-pyrrole nitrogens is 1. The number of benzene rings is 1. The van der Waals surface area contributed by atoms with Gasteiger partial charge in [0.25, 0.3) is 0 Å². The Hall–Kier alpha value is -3.00. The Morgan fingerprint density at radius 3 is 3.04 bits per heavy atom. The summed E-state index contributed by atoms with van der Waals surface area (Å²) in [5.41, 5.74) is 2.59. The van der Waals surface area contributed by atoms with Crippen LogP contribution in [0.4, 0.5) is 4.39 Å². The Labute approximate surface area is 142 Å². The monoisotopic (exact) mass is 341 g/mol. The number of aromatic nitrogens is 4. The van der Waals surface area contributed by atoms with Crippen molar-refractivity contribution in [3.8, 4) is 5.69 Å². The Bertz CT molecular complexity index is 919. The molecule has 4 rings (SSSR count). The third-order valence-corrected chi connectivity index (χ3v) is 4.38. The summed E-state index contributed by atoms with van der Waals surface area (Å²) in [4.78, 5) is 20.7. The lowest BCUT2D eigenvalue weighted by Gasteiger charge is -2.31. The molecule has 1 unspecified atom stereocenters. The van der Waals surface area contributed by atoms with E-state index in [0.717, 1.165) is 11.3 Å². The summed E-state index contributed by atoms with van der Waals surface area (Å²) in [6.45, 7) is 0.995. The fourth-order valence-electron chi connectivity index (χ4n) is 3.21. The number of fused-ring (bicyclic) bond motifs is 1. The maximum Gasteiger partial charge on any atom is 0.327 e. The molecule has 128 valence electrons. The number of hydrogen-bond acceptors (Lipinski definition) is 4. The topological polar surface area (TPSA) is 87.0 Å². The van der Waals surface area contributed by atoms with Crippen LogP contribution in [0.15, 0.2) is 43.0 Å². The number of aromatic amines is 1. The number of carboxylic acid groups (broad SMARTS) is 1. The largest absolute Gasteiger partial charge is 0.480 e. The number of imidazole rings is 1. The standard InChI is InChI=1S/C17H16FN5O2/c18-12-3-1-2-4-14(12)23-9-11(7-21-23)8-22-6-5-13-15(20-10-19-13)16(22)17(24)25/h1-4,7,9-10,16H,5-6,8H2,(H,19,20)(H,24,25). The molecule has 0 amide bonds. The average Bonchev–Trinajstić information content (AvgIpc) is 3.24. The van der Waals surface area contributed by atoms with Gasteiger partial charge in [-0.3, -0.25) is 9.69 Å². The van der Waals surface area contributed by atoms with Gasteiger partial charge < -0.3 is 10.1 Å². The first-order chi connectivity index (χ1) is 12.1. The van der Waals surface area contributed by atoms with Gasteiger partial charge in [0.2, 0.25) is 0 Å². The van der Waals surface area contributed by atoms with E-state index in [2.05, 4.69) is 15.1 Å². The van der Waals surface area contributed by atoms with E-state index in [1.807, 2.05) is 4.90 Å². The van der Waals surface area contributed by atoms with Gasteiger partial charge in [0.15, 0.2) is 6.04 Å². The van der Waals surface area contributed by atoms with Crippen molar-refractivity contribution in [3.63, 3.8) is 0 Å². The molecule has 1 aliphatic heterocycles. The van der Waals surface area contributed by atoms with Gasteiger partial charge >= 0.3 is 5.97 Å². The van der Waals surface area contributed by atoms with Gasteiger partial charge in [0, 0.05) is 37.0 Å². The number of hydrogen-bond donors (Lipinski definition) is 2. The van der Waals surface area contributed by atoms with Crippen LogP contribution in [0.5, 0.6) is 0 Å². The molecule has 0 aliphatic carbocycles. The predicted molar refractivity (Wildman–Crippen MR) is 86.6 cm³/mol. The first-order valence-corrected chi connectivity index (χ1v) is 7.91. The average molecular weight is 341 g/mol. The molecule has 2 N–H and O–H groups in total. The fraction of sp³-hybridized carbons (Fsp3) is 0.235. The SMILES string of the molecule is O=C(O)C1c2nc[nH]c2CCN1Cc1cnn(-c2ccccc2F)c1. The Morgan fingerprint density at radius 2 is 2.24 bits per heavy atom. The minimum Gasteiger partial charge on any atom is -0.480 e. The van der Waals surface area contributed by atoms with E-state index in [1.165, 1.54) is 17.1 Å². The van der Waals surface area contributed by atoms with Crippen molar-refractivity contribution in [1.82, 2.24) is 24.6 Å². The predicted octanol–water partition coefficient (Wildman–Crippen LogP) is 1.92. The van der Waals surface area contributed by atoms with Gasteiger partial charge in [-0.1, -0.05) is 12.1 Å². The van der Waals surface area contributed by atoms with Crippen molar-refractivity contribution < 1.29 is 14.3 Å². The number of nitrogens with one attached hydrogen (secondary N) is 1. The number of nitrogens with zero attached hydrogens (tertiary/aromatic N) is 4. The second kappa shape index (κ2) is 6.14. The van der Waals surface area contributed by atoms with Gasteiger partial charge in [-0.2, -0.15) is 5.10 Å². The van der Waals surface area contributed by atoms with E-state index in [-0.39, 0.29) is 5.82 Å². The molecule has 0 radical (unpaired) electrons. The van der Waals surface area contributed by atoms with Crippen molar-refractivity contribution in [2.75, 3.05) is 6.54 Å². The summed E-state index contributed by atoms with van der Waals surface area (Å²) in [7, 11) is 0. The molecule has 1 atom stereocenters. The minimum absolute atomic E-state index is 0.358. The molecule has 8 heteroatoms. The van der Waals surface area contributed by atoms with Crippen molar-refractivity contribution in [2.24, 2.45) is 0 Å². The number of rotatable bonds is 4. The van der Waals surface area contributed by atoms with Crippen molar-refractivity contribution in [1.29, 1.82) is 0 Å². The Balaban J connectivity index is 1.59. The van der Waals surface area contributed by atoms with Gasteiger partial charge in [0.05, 0.1) is 18.2 Å². The molecule has 1 aromatic carbocycles. The van der Waals surface area contributed by atoms with E-state index in [9.17, 15) is 14.3 Å². The zero-order valence-electron chi connectivity index (χ0n) is 13.3. The van der Waals surface area contributed by atoms with Crippen LogP contribution in [-0.4, -0.2) is 42.3 Å². The normalized spacial score (nSPS) is 17.4. The lowest BCUT2D eigenvalue weighted by molar-refractivity contribution is -0.144. The molecule has 0 spiro atoms. The van der Waals surface area contributed by atoms with Crippen molar-refractivity contribution in [3.05, 3.63) is 65.8 Å². The number of carbonyl (C=O) groups is 1. The highest BCUT2D eigenvalue weighted by Gasteiger charge is 2.35. The quantitative estimate of drug-likeness (QED) is 0.757. The van der Waals surface area contributed by atoms with Crippen LogP contribution in [0.3, 0.4) is 0 Å². The summed E-state index contributed by atoms with van der Waals surface area (Å²) in [5, 5.41) is 13.8. The summed E-state index contributed by atoms with van der Waals surface area (Å²) >= 11 is 0. The van der Waals surface area contributed by atoms with E-state index in [4.69, 9.17) is 0 Å². The number of aliphatic carboxylic acids is 1. The minimum atomic E-state index is -0.936. The number of para-hydroxylation sites is 1. The molecule has 25 heavy (non-hydrogen) atoms. The molecule has 2 aromatic heterocycles. The smallest absolute Gasteiger partial charge is 0.327 e. The second-order valence-electron chi connectivity index (χ2n) is 5.97. The van der Waals surface area contributed by atoms with Crippen LogP contribution in [0, 0.1) is 5.82 Å². The first kappa shape index (κ1) is 15.5. The molecule has 3 heterocycles. The zero-order chi connectivity index (χ0) is 17.4. The second-order valence-corrected chi connectivity index (χ2v) is 5.97. The van der Waals surface area contributed by atoms with Crippen LogP contribution in [0.2, 0.25) is 0 Å². The molecule has 0 fully saturated rings. The summed E-state index contributed by atoms with van der Waals surface area (Å²) < 4.78 is 15.3. The van der Waals surface area contributed by atoms with Gasteiger partial charge in [0.1, 0.15) is 11.5 Å². The fourth-order valence-corrected chi connectivity index (χ4v) is 3.21. The highest BCUT2D eigenvalue weighted by molar-refractivity contribution is 5.75. The van der Waals surface area contributed by atoms with E-state index >= 15 is 0 Å². The van der Waals surface area contributed by atoms with Gasteiger partial charge in [-0.25, -0.2) is 14.1 Å². The summed E-state index contributed by atoms with van der Waals surface area (Å²) in [6, 6.07) is 5.58. The zero-order valence-corrected chi connectivity index (χ0v) is 13.3. The number of halogens is 1.